The number of halogens is 4. The van der Waals surface area contributed by atoms with Crippen molar-refractivity contribution in [2.24, 2.45) is 0 Å². The molecule has 0 aliphatic heterocycles. The monoisotopic (exact) mass is 565 g/mol. The van der Waals surface area contributed by atoms with Crippen molar-refractivity contribution >= 4 is 35.6 Å². The van der Waals surface area contributed by atoms with Crippen LogP contribution in [0.4, 0.5) is 30.5 Å². The maximum absolute atomic E-state index is 13.6. The Balaban J connectivity index is 0.00000370. The molecule has 8 nitrogen and oxygen atoms in total. The minimum absolute atomic E-state index is 0. The van der Waals surface area contributed by atoms with Crippen LogP contribution >= 0.6 is 12.4 Å². The summed E-state index contributed by atoms with van der Waals surface area (Å²) in [5.41, 5.74) is 3.09. The van der Waals surface area contributed by atoms with Crippen molar-refractivity contribution in [3.05, 3.63) is 108 Å². The molecule has 40 heavy (non-hydrogen) atoms. The van der Waals surface area contributed by atoms with Crippen LogP contribution in [0.1, 0.15) is 27.2 Å². The van der Waals surface area contributed by atoms with Crippen LogP contribution in [0.2, 0.25) is 0 Å². The standard InChI is InChI=1S/C28H22F3N7O.ClH/c1-17-5-6-19(10-25(17)37-27-33-9-7-24(36-27)20-4-3-8-32-14-20)26(39)35-22-11-21(28(29,30)31)12-23(13-22)38-15-18(2)34-16-38;/h3-16H,1-2H3,(H,35,39)(H,33,36,37);1H. The molecule has 0 spiro atoms. The highest BCUT2D eigenvalue weighted by Gasteiger charge is 2.31. The van der Waals surface area contributed by atoms with Crippen molar-refractivity contribution in [2.75, 3.05) is 10.6 Å². The van der Waals surface area contributed by atoms with E-state index in [1.54, 1.807) is 62.0 Å². The molecule has 0 bridgehead atoms. The van der Waals surface area contributed by atoms with Gasteiger partial charge in [0.25, 0.3) is 5.91 Å². The molecule has 0 unspecified atom stereocenters. The second-order valence-corrected chi connectivity index (χ2v) is 8.80. The minimum atomic E-state index is -4.60. The molecule has 0 radical (unpaired) electrons. The number of benzene rings is 2. The van der Waals surface area contributed by atoms with Crippen molar-refractivity contribution in [1.82, 2.24) is 24.5 Å². The number of hydrogen-bond donors (Lipinski definition) is 2. The van der Waals surface area contributed by atoms with Gasteiger partial charge in [0.15, 0.2) is 0 Å². The Morgan fingerprint density at radius 2 is 1.80 bits per heavy atom. The average Bonchev–Trinajstić information content (AvgIpc) is 3.36. The molecule has 0 saturated carbocycles. The summed E-state index contributed by atoms with van der Waals surface area (Å²) in [4.78, 5) is 30.1. The van der Waals surface area contributed by atoms with E-state index in [0.717, 1.165) is 23.3 Å². The summed E-state index contributed by atoms with van der Waals surface area (Å²) in [5, 5.41) is 5.71. The maximum Gasteiger partial charge on any atom is 0.416 e. The number of hydrogen-bond acceptors (Lipinski definition) is 6. The van der Waals surface area contributed by atoms with Crippen molar-refractivity contribution in [3.8, 4) is 16.9 Å². The Morgan fingerprint density at radius 1 is 0.975 bits per heavy atom. The van der Waals surface area contributed by atoms with Crippen molar-refractivity contribution in [2.45, 2.75) is 20.0 Å². The normalized spacial score (nSPS) is 11.0. The first-order chi connectivity index (χ1) is 18.7. The Hall–Kier alpha value is -4.77. The molecule has 204 valence electrons. The summed E-state index contributed by atoms with van der Waals surface area (Å²) in [7, 11) is 0. The molecule has 5 aromatic rings. The van der Waals surface area contributed by atoms with Gasteiger partial charge >= 0.3 is 6.18 Å². The molecule has 2 N–H and O–H groups in total. The third-order valence-corrected chi connectivity index (χ3v) is 5.87. The number of carbonyl (C=O) groups excluding carboxylic acids is 1. The summed E-state index contributed by atoms with van der Waals surface area (Å²) in [6.45, 7) is 3.58. The molecule has 3 heterocycles. The lowest BCUT2D eigenvalue weighted by molar-refractivity contribution is -0.137. The third kappa shape index (κ3) is 6.44. The first kappa shape index (κ1) is 28.2. The van der Waals surface area contributed by atoms with Gasteiger partial charge in [0.2, 0.25) is 5.95 Å². The molecule has 12 heteroatoms. The number of nitrogens with one attached hydrogen (secondary N) is 2. The van der Waals surface area contributed by atoms with E-state index in [-0.39, 0.29) is 29.3 Å². The maximum atomic E-state index is 13.6. The van der Waals surface area contributed by atoms with E-state index in [2.05, 4.69) is 30.6 Å². The Bertz CT molecular complexity index is 1660. The molecular weight excluding hydrogens is 543 g/mol. The van der Waals surface area contributed by atoms with Gasteiger partial charge in [0.1, 0.15) is 0 Å². The van der Waals surface area contributed by atoms with Crippen LogP contribution < -0.4 is 10.6 Å². The zero-order valence-corrected chi connectivity index (χ0v) is 22.1. The quantitative estimate of drug-likeness (QED) is 0.236. The van der Waals surface area contributed by atoms with E-state index in [0.29, 0.717) is 23.0 Å². The van der Waals surface area contributed by atoms with E-state index >= 15 is 0 Å². The number of aromatic nitrogens is 5. The number of carbonyl (C=O) groups is 1. The molecule has 0 aliphatic carbocycles. The Morgan fingerprint density at radius 3 is 2.50 bits per heavy atom. The first-order valence-electron chi connectivity index (χ1n) is 11.8. The fraction of sp³-hybridized carbons (Fsp3) is 0.107. The largest absolute Gasteiger partial charge is 0.416 e. The number of imidazole rings is 1. The van der Waals surface area contributed by atoms with Gasteiger partial charge in [-0.1, -0.05) is 6.07 Å². The van der Waals surface area contributed by atoms with Gasteiger partial charge in [-0.15, -0.1) is 12.4 Å². The van der Waals surface area contributed by atoms with Crippen LogP contribution in [0.5, 0.6) is 0 Å². The van der Waals surface area contributed by atoms with E-state index in [1.807, 2.05) is 13.0 Å². The van der Waals surface area contributed by atoms with Gasteiger partial charge in [-0.3, -0.25) is 9.78 Å². The molecule has 0 fully saturated rings. The Labute approximate surface area is 233 Å². The van der Waals surface area contributed by atoms with Gasteiger partial charge in [-0.2, -0.15) is 13.2 Å². The number of rotatable bonds is 6. The second kappa shape index (κ2) is 11.5. The summed E-state index contributed by atoms with van der Waals surface area (Å²) >= 11 is 0. The van der Waals surface area contributed by atoms with E-state index in [1.165, 1.54) is 17.0 Å². The number of nitrogens with zero attached hydrogens (tertiary/aromatic N) is 5. The van der Waals surface area contributed by atoms with E-state index in [4.69, 9.17) is 0 Å². The van der Waals surface area contributed by atoms with Crippen molar-refractivity contribution < 1.29 is 18.0 Å². The fourth-order valence-corrected chi connectivity index (χ4v) is 3.87. The SMILES string of the molecule is Cc1cn(-c2cc(NC(=O)c3ccc(C)c(Nc4nccc(-c5cccnc5)n4)c3)cc(C(F)(F)F)c2)cn1.Cl. The van der Waals surface area contributed by atoms with E-state index < -0.39 is 17.6 Å². The number of pyridine rings is 1. The van der Waals surface area contributed by atoms with Crippen LogP contribution in [0.15, 0.2) is 85.7 Å². The van der Waals surface area contributed by atoms with Crippen LogP contribution in [-0.4, -0.2) is 30.4 Å². The van der Waals surface area contributed by atoms with Crippen molar-refractivity contribution in [3.63, 3.8) is 0 Å². The predicted molar refractivity (Wildman–Crippen MR) is 148 cm³/mol. The summed E-state index contributed by atoms with van der Waals surface area (Å²) in [6, 6.07) is 13.7. The average molecular weight is 566 g/mol. The van der Waals surface area contributed by atoms with Crippen LogP contribution in [0.25, 0.3) is 16.9 Å². The summed E-state index contributed by atoms with van der Waals surface area (Å²) < 4.78 is 42.3. The molecule has 2 aromatic carbocycles. The van der Waals surface area contributed by atoms with Crippen LogP contribution in [-0.2, 0) is 6.18 Å². The van der Waals surface area contributed by atoms with E-state index in [9.17, 15) is 18.0 Å². The van der Waals surface area contributed by atoms with Gasteiger partial charge in [0.05, 0.1) is 23.3 Å². The van der Waals surface area contributed by atoms with Crippen LogP contribution in [0.3, 0.4) is 0 Å². The number of alkyl halides is 3. The van der Waals surface area contributed by atoms with Crippen LogP contribution in [0, 0.1) is 13.8 Å². The van der Waals surface area contributed by atoms with Gasteiger partial charge in [0, 0.05) is 53.0 Å². The highest BCUT2D eigenvalue weighted by molar-refractivity contribution is 6.05. The lowest BCUT2D eigenvalue weighted by atomic mass is 10.1. The molecular formula is C28H23ClF3N7O. The van der Waals surface area contributed by atoms with Gasteiger partial charge < -0.3 is 15.2 Å². The number of amides is 1. The zero-order chi connectivity index (χ0) is 27.6. The topological polar surface area (TPSA) is 97.6 Å². The molecule has 5 rings (SSSR count). The first-order valence-corrected chi connectivity index (χ1v) is 11.8. The van der Waals surface area contributed by atoms with Crippen molar-refractivity contribution in [1.29, 1.82) is 0 Å². The minimum Gasteiger partial charge on any atom is -0.324 e. The smallest absolute Gasteiger partial charge is 0.324 e. The number of aryl methyl sites for hydroxylation is 2. The predicted octanol–water partition coefficient (Wildman–Crippen LogP) is 6.78. The molecule has 0 saturated heterocycles. The zero-order valence-electron chi connectivity index (χ0n) is 21.3. The summed E-state index contributed by atoms with van der Waals surface area (Å²) in [6.07, 6.45) is 3.38. The molecule has 0 atom stereocenters. The Kier molecular flexibility index (Phi) is 8.15. The molecule has 1 amide bonds. The third-order valence-electron chi connectivity index (χ3n) is 5.87. The van der Waals surface area contributed by atoms with Gasteiger partial charge in [-0.25, -0.2) is 15.0 Å². The summed E-state index contributed by atoms with van der Waals surface area (Å²) in [5.74, 6) is -0.259. The highest BCUT2D eigenvalue weighted by atomic mass is 35.5. The number of anilines is 3. The lowest BCUT2D eigenvalue weighted by Gasteiger charge is -2.14. The highest BCUT2D eigenvalue weighted by Crippen LogP contribution is 2.33. The van der Waals surface area contributed by atoms with Gasteiger partial charge in [-0.05, 0) is 67.9 Å². The lowest BCUT2D eigenvalue weighted by Crippen LogP contribution is -2.14. The molecule has 3 aromatic heterocycles. The molecule has 0 aliphatic rings. The second-order valence-electron chi connectivity index (χ2n) is 8.80. The fourth-order valence-electron chi connectivity index (χ4n) is 3.87.